The van der Waals surface area contributed by atoms with Crippen molar-refractivity contribution in [2.24, 2.45) is 5.73 Å². The second-order valence-electron chi connectivity index (χ2n) is 4.58. The molecule has 2 aromatic carbocycles. The maximum atomic E-state index is 6.11. The Labute approximate surface area is 124 Å². The second-order valence-corrected chi connectivity index (χ2v) is 5.02. The van der Waals surface area contributed by atoms with Gasteiger partial charge < -0.3 is 15.4 Å². The molecule has 0 amide bonds. The highest BCUT2D eigenvalue weighted by Crippen LogP contribution is 2.33. The third kappa shape index (κ3) is 3.06. The quantitative estimate of drug-likeness (QED) is 0.916. The Morgan fingerprint density at radius 3 is 2.50 bits per heavy atom. The molecule has 0 saturated carbocycles. The summed E-state index contributed by atoms with van der Waals surface area (Å²) in [6.45, 7) is 0.474. The number of ether oxygens (including phenoxy) is 1. The van der Waals surface area contributed by atoms with Crippen LogP contribution in [-0.2, 0) is 0 Å². The van der Waals surface area contributed by atoms with Crippen molar-refractivity contribution in [2.45, 2.75) is 6.04 Å². The van der Waals surface area contributed by atoms with Gasteiger partial charge in [0.25, 0.3) is 0 Å². The summed E-state index contributed by atoms with van der Waals surface area (Å²) in [5, 5.41) is 0.681. The highest BCUT2D eigenvalue weighted by molar-refractivity contribution is 6.30. The minimum absolute atomic E-state index is 0.00560. The van der Waals surface area contributed by atoms with E-state index in [1.165, 1.54) is 0 Å². The highest BCUT2D eigenvalue weighted by atomic mass is 35.5. The molecule has 1 unspecified atom stereocenters. The van der Waals surface area contributed by atoms with Crippen LogP contribution in [0.15, 0.2) is 48.5 Å². The number of benzene rings is 2. The zero-order chi connectivity index (χ0) is 14.5. The lowest BCUT2D eigenvalue weighted by Gasteiger charge is -2.30. The predicted molar refractivity (Wildman–Crippen MR) is 84.6 cm³/mol. The third-order valence-corrected chi connectivity index (χ3v) is 3.64. The number of likely N-dealkylation sites (N-methyl/N-ethyl adjacent to an activating group) is 1. The van der Waals surface area contributed by atoms with Crippen LogP contribution in [0.1, 0.15) is 11.6 Å². The molecule has 0 bridgehead atoms. The summed E-state index contributed by atoms with van der Waals surface area (Å²) in [7, 11) is 3.68. The van der Waals surface area contributed by atoms with Crippen LogP contribution in [0.4, 0.5) is 5.69 Å². The van der Waals surface area contributed by atoms with E-state index in [9.17, 15) is 0 Å². The van der Waals surface area contributed by atoms with Gasteiger partial charge in [-0.05, 0) is 30.3 Å². The van der Waals surface area contributed by atoms with E-state index in [0.717, 1.165) is 17.0 Å². The fourth-order valence-corrected chi connectivity index (χ4v) is 2.48. The SMILES string of the molecule is COc1ccc(Cl)cc1C(CN)N(C)c1ccccc1. The standard InChI is InChI=1S/C16H19ClN2O/c1-19(13-6-4-3-5-7-13)15(11-18)14-10-12(17)8-9-16(14)20-2/h3-10,15H,11,18H2,1-2H3. The van der Waals surface area contributed by atoms with Gasteiger partial charge in [0.05, 0.1) is 13.2 Å². The van der Waals surface area contributed by atoms with E-state index in [4.69, 9.17) is 22.1 Å². The second kappa shape index (κ2) is 6.64. The lowest BCUT2D eigenvalue weighted by molar-refractivity contribution is 0.405. The van der Waals surface area contributed by atoms with Crippen LogP contribution in [0.5, 0.6) is 5.75 Å². The van der Waals surface area contributed by atoms with Crippen molar-refractivity contribution in [1.29, 1.82) is 0 Å². The van der Waals surface area contributed by atoms with Gasteiger partial charge in [-0.3, -0.25) is 0 Å². The van der Waals surface area contributed by atoms with E-state index in [1.807, 2.05) is 43.4 Å². The Hall–Kier alpha value is -1.71. The molecular formula is C16H19ClN2O. The van der Waals surface area contributed by atoms with E-state index in [1.54, 1.807) is 7.11 Å². The number of para-hydroxylation sites is 1. The van der Waals surface area contributed by atoms with Gasteiger partial charge in [-0.25, -0.2) is 0 Å². The molecule has 0 radical (unpaired) electrons. The van der Waals surface area contributed by atoms with E-state index in [-0.39, 0.29) is 6.04 Å². The number of halogens is 1. The molecule has 0 aliphatic rings. The van der Waals surface area contributed by atoms with Gasteiger partial charge in [-0.15, -0.1) is 0 Å². The van der Waals surface area contributed by atoms with E-state index >= 15 is 0 Å². The molecule has 0 aliphatic carbocycles. The lowest BCUT2D eigenvalue weighted by atomic mass is 10.0. The van der Waals surface area contributed by atoms with Gasteiger partial charge >= 0.3 is 0 Å². The monoisotopic (exact) mass is 290 g/mol. The first-order valence-electron chi connectivity index (χ1n) is 6.48. The van der Waals surface area contributed by atoms with E-state index in [0.29, 0.717) is 11.6 Å². The molecular weight excluding hydrogens is 272 g/mol. The van der Waals surface area contributed by atoms with Crippen molar-refractivity contribution < 1.29 is 4.74 Å². The smallest absolute Gasteiger partial charge is 0.124 e. The average molecular weight is 291 g/mol. The maximum absolute atomic E-state index is 6.11. The van der Waals surface area contributed by atoms with Crippen LogP contribution in [0.2, 0.25) is 5.02 Å². The number of nitrogens with zero attached hydrogens (tertiary/aromatic N) is 1. The fourth-order valence-electron chi connectivity index (χ4n) is 2.30. The largest absolute Gasteiger partial charge is 0.496 e. The highest BCUT2D eigenvalue weighted by Gasteiger charge is 2.20. The Kier molecular flexibility index (Phi) is 4.88. The van der Waals surface area contributed by atoms with Crippen molar-refractivity contribution in [1.82, 2.24) is 0 Å². The molecule has 0 saturated heterocycles. The Balaban J connectivity index is 2.40. The van der Waals surface area contributed by atoms with E-state index in [2.05, 4.69) is 17.0 Å². The molecule has 2 N–H and O–H groups in total. The number of anilines is 1. The third-order valence-electron chi connectivity index (χ3n) is 3.40. The first kappa shape index (κ1) is 14.7. The number of rotatable bonds is 5. The molecule has 2 aromatic rings. The van der Waals surface area contributed by atoms with Gasteiger partial charge in [0.1, 0.15) is 5.75 Å². The van der Waals surface area contributed by atoms with Crippen molar-refractivity contribution in [2.75, 3.05) is 25.6 Å². The maximum Gasteiger partial charge on any atom is 0.124 e. The van der Waals surface area contributed by atoms with Gasteiger partial charge in [-0.2, -0.15) is 0 Å². The molecule has 0 aliphatic heterocycles. The Morgan fingerprint density at radius 1 is 1.20 bits per heavy atom. The topological polar surface area (TPSA) is 38.5 Å². The first-order valence-corrected chi connectivity index (χ1v) is 6.86. The van der Waals surface area contributed by atoms with Crippen LogP contribution in [-0.4, -0.2) is 20.7 Å². The van der Waals surface area contributed by atoms with Crippen LogP contribution in [0.3, 0.4) is 0 Å². The van der Waals surface area contributed by atoms with Crippen molar-refractivity contribution in [3.63, 3.8) is 0 Å². The molecule has 2 rings (SSSR count). The van der Waals surface area contributed by atoms with Gasteiger partial charge in [0.15, 0.2) is 0 Å². The van der Waals surface area contributed by atoms with Gasteiger partial charge in [0, 0.05) is 29.9 Å². The summed E-state index contributed by atoms with van der Waals surface area (Å²) < 4.78 is 5.43. The molecule has 1 atom stereocenters. The summed E-state index contributed by atoms with van der Waals surface area (Å²) in [4.78, 5) is 2.13. The number of nitrogens with two attached hydrogens (primary N) is 1. The summed E-state index contributed by atoms with van der Waals surface area (Å²) in [6.07, 6.45) is 0. The number of hydrogen-bond donors (Lipinski definition) is 1. The molecule has 20 heavy (non-hydrogen) atoms. The summed E-state index contributed by atoms with van der Waals surface area (Å²) in [5.74, 6) is 0.799. The Bertz CT molecular complexity index is 560. The predicted octanol–water partition coefficient (Wildman–Crippen LogP) is 3.48. The molecule has 0 fully saturated rings. The minimum Gasteiger partial charge on any atom is -0.496 e. The van der Waals surface area contributed by atoms with Crippen molar-refractivity contribution in [3.05, 3.63) is 59.1 Å². The normalized spacial score (nSPS) is 12.0. The zero-order valence-electron chi connectivity index (χ0n) is 11.7. The minimum atomic E-state index is 0.00560. The van der Waals surface area contributed by atoms with Gasteiger partial charge in [-0.1, -0.05) is 29.8 Å². The number of hydrogen-bond acceptors (Lipinski definition) is 3. The van der Waals surface area contributed by atoms with Gasteiger partial charge in [0.2, 0.25) is 0 Å². The summed E-state index contributed by atoms with van der Waals surface area (Å²) in [5.41, 5.74) is 8.07. The fraction of sp³-hybridized carbons (Fsp3) is 0.250. The van der Waals surface area contributed by atoms with Crippen LogP contribution in [0.25, 0.3) is 0 Å². The van der Waals surface area contributed by atoms with Crippen molar-refractivity contribution >= 4 is 17.3 Å². The van der Waals surface area contributed by atoms with Crippen molar-refractivity contribution in [3.8, 4) is 5.75 Å². The molecule has 0 heterocycles. The average Bonchev–Trinajstić information content (AvgIpc) is 2.49. The van der Waals surface area contributed by atoms with Crippen LogP contribution in [0, 0.1) is 0 Å². The molecule has 0 aromatic heterocycles. The van der Waals surface area contributed by atoms with E-state index < -0.39 is 0 Å². The first-order chi connectivity index (χ1) is 9.67. The summed E-state index contributed by atoms with van der Waals surface area (Å²) in [6, 6.07) is 15.7. The van der Waals surface area contributed by atoms with Crippen LogP contribution < -0.4 is 15.4 Å². The lowest BCUT2D eigenvalue weighted by Crippen LogP contribution is -2.30. The zero-order valence-corrected chi connectivity index (χ0v) is 12.5. The van der Waals surface area contributed by atoms with Crippen LogP contribution >= 0.6 is 11.6 Å². The molecule has 106 valence electrons. The summed E-state index contributed by atoms with van der Waals surface area (Å²) >= 11 is 6.11. The molecule has 0 spiro atoms. The number of methoxy groups -OCH3 is 1. The molecule has 4 heteroatoms. The Morgan fingerprint density at radius 2 is 1.90 bits per heavy atom. The molecule has 3 nitrogen and oxygen atoms in total.